The third kappa shape index (κ3) is 5.29. The maximum atomic E-state index is 13.4. The predicted molar refractivity (Wildman–Crippen MR) is 147 cm³/mol. The highest BCUT2D eigenvalue weighted by molar-refractivity contribution is 7.93. The molecular formula is C25H28ClN5O4S2. The molecule has 1 fully saturated rings. The fraction of sp³-hybridized carbons (Fsp3) is 0.320. The van der Waals surface area contributed by atoms with E-state index in [1.807, 2.05) is 25.1 Å². The second-order valence-corrected chi connectivity index (χ2v) is 12.0. The molecule has 0 saturated carbocycles. The van der Waals surface area contributed by atoms with Crippen molar-refractivity contribution in [3.05, 3.63) is 64.6 Å². The summed E-state index contributed by atoms with van der Waals surface area (Å²) in [5, 5.41) is 2.65. The Kier molecular flexibility index (Phi) is 7.11. The fourth-order valence-electron chi connectivity index (χ4n) is 4.78. The molecule has 1 saturated heterocycles. The lowest BCUT2D eigenvalue weighted by atomic mass is 10.00. The summed E-state index contributed by atoms with van der Waals surface area (Å²) in [7, 11) is -3.78. The summed E-state index contributed by atoms with van der Waals surface area (Å²) in [6.07, 6.45) is 3.37. The lowest BCUT2D eigenvalue weighted by Crippen LogP contribution is -2.57. The van der Waals surface area contributed by atoms with E-state index in [9.17, 15) is 18.0 Å². The molecule has 2 aliphatic heterocycles. The van der Waals surface area contributed by atoms with Gasteiger partial charge < -0.3 is 14.7 Å². The Bertz CT molecular complexity index is 1420. The van der Waals surface area contributed by atoms with Crippen LogP contribution >= 0.6 is 22.9 Å². The van der Waals surface area contributed by atoms with Gasteiger partial charge in [-0.1, -0.05) is 11.6 Å². The van der Waals surface area contributed by atoms with E-state index >= 15 is 0 Å². The molecule has 2 amide bonds. The monoisotopic (exact) mass is 561 g/mol. The smallest absolute Gasteiger partial charge is 0.263 e. The minimum Gasteiger partial charge on any atom is -0.360 e. The van der Waals surface area contributed by atoms with Crippen LogP contribution in [0.3, 0.4) is 0 Å². The van der Waals surface area contributed by atoms with E-state index < -0.39 is 16.1 Å². The van der Waals surface area contributed by atoms with Crippen LogP contribution in [0.5, 0.6) is 0 Å². The van der Waals surface area contributed by atoms with Crippen LogP contribution in [0.2, 0.25) is 5.02 Å². The van der Waals surface area contributed by atoms with E-state index in [1.54, 1.807) is 27.3 Å². The third-order valence-corrected chi connectivity index (χ3v) is 9.07. The zero-order chi connectivity index (χ0) is 26.2. The SMILES string of the molecule is C[C@H](C(=O)N1CCN(c2ccc(S(=O)(=O)Nc3nccs3)cc2)C(=O)C1)N1CCCc2cc(Cl)ccc21.[HH]. The zero-order valence-corrected chi connectivity index (χ0v) is 22.5. The van der Waals surface area contributed by atoms with Crippen molar-refractivity contribution in [1.82, 2.24) is 9.88 Å². The van der Waals surface area contributed by atoms with Gasteiger partial charge in [0.05, 0.1) is 4.90 Å². The van der Waals surface area contributed by atoms with Crippen LogP contribution in [-0.4, -0.2) is 62.3 Å². The number of hydrogen-bond acceptors (Lipinski definition) is 7. The highest BCUT2D eigenvalue weighted by atomic mass is 35.5. The molecule has 0 spiro atoms. The number of hydrogen-bond donors (Lipinski definition) is 1. The van der Waals surface area contributed by atoms with E-state index in [0.29, 0.717) is 23.8 Å². The molecule has 3 heterocycles. The topological polar surface area (TPSA) is 103 Å². The number of halogens is 1. The lowest BCUT2D eigenvalue weighted by molar-refractivity contribution is -0.137. The summed E-state index contributed by atoms with van der Waals surface area (Å²) in [6, 6.07) is 11.5. The maximum Gasteiger partial charge on any atom is 0.263 e. The highest BCUT2D eigenvalue weighted by Crippen LogP contribution is 2.31. The molecule has 5 rings (SSSR count). The van der Waals surface area contributed by atoms with Crippen LogP contribution in [0.4, 0.5) is 16.5 Å². The molecule has 12 heteroatoms. The molecule has 2 aromatic carbocycles. The number of carbonyl (C=O) groups excluding carboxylic acids is 2. The summed E-state index contributed by atoms with van der Waals surface area (Å²) in [5.41, 5.74) is 2.73. The van der Waals surface area contributed by atoms with Crippen LogP contribution in [-0.2, 0) is 26.0 Å². The first-order valence-electron chi connectivity index (χ1n) is 11.9. The largest absolute Gasteiger partial charge is 0.360 e. The minimum atomic E-state index is -3.78. The summed E-state index contributed by atoms with van der Waals surface area (Å²) >= 11 is 7.34. The van der Waals surface area contributed by atoms with Gasteiger partial charge in [-0.15, -0.1) is 11.3 Å². The quantitative estimate of drug-likeness (QED) is 0.490. The average Bonchev–Trinajstić information content (AvgIpc) is 3.39. The van der Waals surface area contributed by atoms with E-state index in [-0.39, 0.29) is 29.8 Å². The first-order chi connectivity index (χ1) is 17.7. The Balaban J connectivity index is 0.00000336. The van der Waals surface area contributed by atoms with Crippen LogP contribution in [0, 0.1) is 0 Å². The molecule has 0 aliphatic carbocycles. The normalized spacial score (nSPS) is 16.9. The molecule has 1 N–H and O–H groups in total. The summed E-state index contributed by atoms with van der Waals surface area (Å²) in [5.74, 6) is -0.306. The molecule has 9 nitrogen and oxygen atoms in total. The molecule has 3 aromatic rings. The number of carbonyl (C=O) groups is 2. The van der Waals surface area contributed by atoms with Crippen molar-refractivity contribution in [3.63, 3.8) is 0 Å². The van der Waals surface area contributed by atoms with Crippen LogP contribution < -0.4 is 14.5 Å². The van der Waals surface area contributed by atoms with Gasteiger partial charge in [0.15, 0.2) is 5.13 Å². The van der Waals surface area contributed by atoms with Crippen molar-refractivity contribution in [1.29, 1.82) is 0 Å². The standard InChI is InChI=1S/C25H26ClN5O4S2.H2/c1-17(30-11-2-3-18-15-19(26)4-9-22(18)30)24(33)29-12-13-31(23(32)16-29)20-5-7-21(8-6-20)37(34,35)28-25-27-10-14-36-25;/h4-10,14-15,17H,2-3,11-13,16H2,1H3,(H,27,28);1H/t17-;/m1./s1. The fourth-order valence-corrected chi connectivity index (χ4v) is 6.77. The van der Waals surface area contributed by atoms with E-state index in [1.165, 1.54) is 29.7 Å². The van der Waals surface area contributed by atoms with E-state index in [4.69, 9.17) is 11.6 Å². The molecule has 1 aromatic heterocycles. The van der Waals surface area contributed by atoms with Crippen LogP contribution in [0.25, 0.3) is 0 Å². The Morgan fingerprint density at radius 1 is 1.16 bits per heavy atom. The number of nitrogens with zero attached hydrogens (tertiary/aromatic N) is 4. The third-order valence-electron chi connectivity index (χ3n) is 6.67. The second-order valence-electron chi connectivity index (χ2n) is 8.99. The number of benzene rings is 2. The molecular weight excluding hydrogens is 534 g/mol. The number of anilines is 3. The molecule has 37 heavy (non-hydrogen) atoms. The number of thiazole rings is 1. The van der Waals surface area contributed by atoms with Gasteiger partial charge in [0.25, 0.3) is 10.0 Å². The lowest BCUT2D eigenvalue weighted by Gasteiger charge is -2.40. The van der Waals surface area contributed by atoms with E-state index in [0.717, 1.165) is 30.6 Å². The number of rotatable bonds is 6. The van der Waals surface area contributed by atoms with Gasteiger partial charge in [-0.3, -0.25) is 14.3 Å². The minimum absolute atomic E-state index is 0. The van der Waals surface area contributed by atoms with Gasteiger partial charge in [0.2, 0.25) is 11.8 Å². The number of sulfonamides is 1. The first-order valence-corrected chi connectivity index (χ1v) is 14.6. The molecule has 0 unspecified atom stereocenters. The number of aryl methyl sites for hydroxylation is 1. The Labute approximate surface area is 226 Å². The Morgan fingerprint density at radius 3 is 2.65 bits per heavy atom. The van der Waals surface area contributed by atoms with Crippen molar-refractivity contribution >= 4 is 61.3 Å². The van der Waals surface area contributed by atoms with E-state index in [2.05, 4.69) is 14.6 Å². The van der Waals surface area contributed by atoms with Crippen LogP contribution in [0.1, 0.15) is 20.3 Å². The van der Waals surface area contributed by atoms with Gasteiger partial charge >= 0.3 is 0 Å². The molecule has 2 aliphatic rings. The molecule has 1 atom stereocenters. The molecule has 196 valence electrons. The number of nitrogens with one attached hydrogen (secondary N) is 1. The Morgan fingerprint density at radius 2 is 1.95 bits per heavy atom. The van der Waals surface area contributed by atoms with Gasteiger partial charge in [-0.25, -0.2) is 13.4 Å². The predicted octanol–water partition coefficient (Wildman–Crippen LogP) is 3.86. The van der Waals surface area contributed by atoms with Crippen molar-refractivity contribution in [2.75, 3.05) is 40.7 Å². The number of fused-ring (bicyclic) bond motifs is 1. The maximum absolute atomic E-state index is 13.4. The molecule has 0 radical (unpaired) electrons. The van der Waals surface area contributed by atoms with Gasteiger partial charge in [0.1, 0.15) is 12.6 Å². The molecule has 0 bridgehead atoms. The summed E-state index contributed by atoms with van der Waals surface area (Å²) in [6.45, 7) is 3.33. The van der Waals surface area contributed by atoms with Gasteiger partial charge in [-0.2, -0.15) is 0 Å². The van der Waals surface area contributed by atoms with Gasteiger partial charge in [0, 0.05) is 49.0 Å². The van der Waals surface area contributed by atoms with Crippen molar-refractivity contribution in [2.24, 2.45) is 0 Å². The van der Waals surface area contributed by atoms with Crippen LogP contribution in [0.15, 0.2) is 58.9 Å². The summed E-state index contributed by atoms with van der Waals surface area (Å²) in [4.78, 5) is 35.6. The zero-order valence-electron chi connectivity index (χ0n) is 20.1. The second kappa shape index (κ2) is 10.3. The Hall–Kier alpha value is -3.15. The average molecular weight is 562 g/mol. The number of piperazine rings is 1. The number of amides is 2. The van der Waals surface area contributed by atoms with Crippen molar-refractivity contribution in [2.45, 2.75) is 30.7 Å². The summed E-state index contributed by atoms with van der Waals surface area (Å²) < 4.78 is 27.6. The number of aromatic nitrogens is 1. The van der Waals surface area contributed by atoms with Gasteiger partial charge in [-0.05, 0) is 67.8 Å². The van der Waals surface area contributed by atoms with Crippen molar-refractivity contribution in [3.8, 4) is 0 Å². The first kappa shape index (κ1) is 25.5. The highest BCUT2D eigenvalue weighted by Gasteiger charge is 2.34. The van der Waals surface area contributed by atoms with Crippen molar-refractivity contribution < 1.29 is 19.4 Å².